The summed E-state index contributed by atoms with van der Waals surface area (Å²) < 4.78 is 0. The Kier molecular flexibility index (Phi) is 6.49. The van der Waals surface area contributed by atoms with Crippen molar-refractivity contribution < 1.29 is 17.1 Å². The minimum Gasteiger partial charge on any atom is -0.266 e. The second-order valence-electron chi connectivity index (χ2n) is 4.76. The van der Waals surface area contributed by atoms with Gasteiger partial charge in [-0.1, -0.05) is 17.7 Å². The molecule has 3 heteroatoms. The summed E-state index contributed by atoms with van der Waals surface area (Å²) in [6.45, 7) is 0. The average molecular weight is 340 g/mol. The molecular formula is C20H16FeN2. The molecule has 0 aliphatic heterocycles. The predicted molar refractivity (Wildman–Crippen MR) is 90.5 cm³/mol. The molecule has 4 aromatic rings. The molecule has 2 aromatic carbocycles. The van der Waals surface area contributed by atoms with Gasteiger partial charge in [0.2, 0.25) is 0 Å². The molecule has 4 rings (SSSR count). The fourth-order valence-electron chi connectivity index (χ4n) is 2.12. The van der Waals surface area contributed by atoms with Crippen LogP contribution in [0, 0.1) is 0 Å². The van der Waals surface area contributed by atoms with Crippen molar-refractivity contribution >= 4 is 0 Å². The van der Waals surface area contributed by atoms with Crippen LogP contribution < -0.4 is 0 Å². The monoisotopic (exact) mass is 340 g/mol. The van der Waals surface area contributed by atoms with E-state index in [4.69, 9.17) is 0 Å². The van der Waals surface area contributed by atoms with E-state index >= 15 is 0 Å². The summed E-state index contributed by atoms with van der Waals surface area (Å²) in [6.07, 6.45) is 1.78. The first-order chi connectivity index (χ1) is 10.9. The smallest absolute Gasteiger partial charge is 0.266 e. The summed E-state index contributed by atoms with van der Waals surface area (Å²) in [6, 6.07) is 30.0. The van der Waals surface area contributed by atoms with Gasteiger partial charge in [0.1, 0.15) is 0 Å². The molecule has 0 aliphatic rings. The van der Waals surface area contributed by atoms with Gasteiger partial charge in [0.15, 0.2) is 0 Å². The number of hydrogen-bond acceptors (Lipinski definition) is 2. The van der Waals surface area contributed by atoms with Gasteiger partial charge in [-0.25, -0.2) is 12.1 Å². The molecule has 0 bridgehead atoms. The number of hydrogen-bond donors (Lipinski definition) is 0. The number of aromatic nitrogens is 2. The van der Waals surface area contributed by atoms with Gasteiger partial charge < -0.3 is 0 Å². The summed E-state index contributed by atoms with van der Waals surface area (Å²) in [5, 5.41) is 0. The zero-order valence-corrected chi connectivity index (χ0v) is 13.6. The molecule has 2 aromatic heterocycles. The van der Waals surface area contributed by atoms with Crippen molar-refractivity contribution in [1.82, 2.24) is 9.97 Å². The van der Waals surface area contributed by atoms with Crippen molar-refractivity contribution in [2.24, 2.45) is 0 Å². The van der Waals surface area contributed by atoms with Crippen molar-refractivity contribution in [3.8, 4) is 22.6 Å². The van der Waals surface area contributed by atoms with E-state index in [0.717, 1.165) is 22.6 Å². The van der Waals surface area contributed by atoms with Gasteiger partial charge in [-0.05, 0) is 23.9 Å². The maximum absolute atomic E-state index is 4.62. The van der Waals surface area contributed by atoms with Gasteiger partial charge in [0.05, 0.1) is 11.4 Å². The second kappa shape index (κ2) is 8.84. The summed E-state index contributed by atoms with van der Waals surface area (Å²) in [4.78, 5) is 8.93. The Hall–Kier alpha value is -2.48. The topological polar surface area (TPSA) is 25.8 Å². The molecular weight excluding hydrogens is 324 g/mol. The van der Waals surface area contributed by atoms with E-state index in [1.807, 2.05) is 78.9 Å². The molecule has 0 aliphatic carbocycles. The molecule has 0 atom stereocenters. The van der Waals surface area contributed by atoms with E-state index in [1.54, 1.807) is 6.20 Å². The minimum absolute atomic E-state index is 0. The third-order valence-corrected chi connectivity index (χ3v) is 3.19. The van der Waals surface area contributed by atoms with Crippen LogP contribution >= 0.6 is 0 Å². The Balaban J connectivity index is 0.000000276. The van der Waals surface area contributed by atoms with E-state index in [-0.39, 0.29) is 17.1 Å². The Labute approximate surface area is 147 Å². The number of pyridine rings is 2. The van der Waals surface area contributed by atoms with Crippen molar-refractivity contribution in [2.75, 3.05) is 0 Å². The van der Waals surface area contributed by atoms with E-state index in [1.165, 1.54) is 0 Å². The average Bonchev–Trinajstić information content (AvgIpc) is 3.32. The van der Waals surface area contributed by atoms with Gasteiger partial charge in [-0.15, -0.1) is 18.2 Å². The first-order valence-corrected chi connectivity index (χ1v) is 7.21. The van der Waals surface area contributed by atoms with Crippen LogP contribution in [0.2, 0.25) is 0 Å². The van der Waals surface area contributed by atoms with Crippen LogP contribution in [0.5, 0.6) is 0 Å². The van der Waals surface area contributed by atoms with Crippen molar-refractivity contribution in [2.45, 2.75) is 0 Å². The van der Waals surface area contributed by atoms with Crippen molar-refractivity contribution in [1.29, 1.82) is 0 Å². The summed E-state index contributed by atoms with van der Waals surface area (Å²) in [5.74, 6) is 0. The van der Waals surface area contributed by atoms with Gasteiger partial charge in [-0.3, -0.25) is 9.97 Å². The normalized spacial score (nSPS) is 9.39. The van der Waals surface area contributed by atoms with E-state index in [9.17, 15) is 0 Å². The standard InChI is InChI=1S/C15H11N2.C5H5.Fe/c1-2-7-12(6-1)13-9-5-10-15(17-13)14-8-3-4-11-16-14;1-2-4-5-3-1;/h1-11H;1-5H;/q2*-1;+2. The van der Waals surface area contributed by atoms with Crippen LogP contribution in [-0.2, 0) is 17.1 Å². The fourth-order valence-corrected chi connectivity index (χ4v) is 2.12. The first kappa shape index (κ1) is 16.9. The van der Waals surface area contributed by atoms with Gasteiger partial charge in [0, 0.05) is 6.20 Å². The predicted octanol–water partition coefficient (Wildman–Crippen LogP) is 4.93. The molecule has 23 heavy (non-hydrogen) atoms. The molecule has 0 saturated carbocycles. The summed E-state index contributed by atoms with van der Waals surface area (Å²) >= 11 is 0. The molecule has 0 radical (unpaired) electrons. The number of nitrogens with zero attached hydrogens (tertiary/aromatic N) is 2. The van der Waals surface area contributed by atoms with Crippen LogP contribution in [0.25, 0.3) is 22.6 Å². The van der Waals surface area contributed by atoms with E-state index in [0.29, 0.717) is 0 Å². The Bertz CT molecular complexity index is 758. The molecule has 0 N–H and O–H groups in total. The molecule has 2 heterocycles. The fraction of sp³-hybridized carbons (Fsp3) is 0. The quantitative estimate of drug-likeness (QED) is 0.382. The first-order valence-electron chi connectivity index (χ1n) is 7.21. The van der Waals surface area contributed by atoms with E-state index < -0.39 is 0 Å². The zero-order valence-electron chi connectivity index (χ0n) is 12.5. The van der Waals surface area contributed by atoms with Crippen LogP contribution in [0.15, 0.2) is 97.2 Å². The maximum Gasteiger partial charge on any atom is 2.00 e. The zero-order chi connectivity index (χ0) is 15.0. The SMILES string of the molecule is [Fe+2].c1cc[cH-]c1.c1ccc(-c2cccc(-[c-]3cccc3)n2)nc1. The molecule has 0 fully saturated rings. The molecule has 0 spiro atoms. The third kappa shape index (κ3) is 4.75. The van der Waals surface area contributed by atoms with Crippen LogP contribution in [-0.4, -0.2) is 9.97 Å². The Morgan fingerprint density at radius 3 is 2.09 bits per heavy atom. The second-order valence-corrected chi connectivity index (χ2v) is 4.76. The van der Waals surface area contributed by atoms with Crippen molar-refractivity contribution in [3.05, 3.63) is 97.2 Å². The van der Waals surface area contributed by atoms with Crippen LogP contribution in [0.4, 0.5) is 0 Å². The minimum atomic E-state index is 0. The van der Waals surface area contributed by atoms with Gasteiger partial charge in [-0.2, -0.15) is 30.3 Å². The van der Waals surface area contributed by atoms with Crippen LogP contribution in [0.3, 0.4) is 0 Å². The van der Waals surface area contributed by atoms with Crippen LogP contribution in [0.1, 0.15) is 0 Å². The third-order valence-electron chi connectivity index (χ3n) is 3.19. The van der Waals surface area contributed by atoms with E-state index in [2.05, 4.69) is 22.1 Å². The number of rotatable bonds is 2. The van der Waals surface area contributed by atoms with Gasteiger partial charge >= 0.3 is 17.1 Å². The van der Waals surface area contributed by atoms with Gasteiger partial charge in [0.25, 0.3) is 0 Å². The molecule has 114 valence electrons. The molecule has 0 amide bonds. The maximum atomic E-state index is 4.62. The molecule has 0 unspecified atom stereocenters. The Morgan fingerprint density at radius 1 is 0.739 bits per heavy atom. The van der Waals surface area contributed by atoms with Crippen molar-refractivity contribution in [3.63, 3.8) is 0 Å². The largest absolute Gasteiger partial charge is 2.00 e. The molecule has 0 saturated heterocycles. The summed E-state index contributed by atoms with van der Waals surface area (Å²) in [7, 11) is 0. The Morgan fingerprint density at radius 2 is 1.48 bits per heavy atom. The molecule has 2 nitrogen and oxygen atoms in total. The summed E-state index contributed by atoms with van der Waals surface area (Å²) in [5.41, 5.74) is 3.94.